The fourth-order valence-electron chi connectivity index (χ4n) is 3.98. The second-order valence-electron chi connectivity index (χ2n) is 7.61. The van der Waals surface area contributed by atoms with Crippen LogP contribution in [0.1, 0.15) is 32.1 Å². The normalized spacial score (nSPS) is 12.8. The summed E-state index contributed by atoms with van der Waals surface area (Å²) in [4.78, 5) is 28.1. The van der Waals surface area contributed by atoms with Crippen molar-refractivity contribution in [3.8, 4) is 5.69 Å². The molecule has 1 atom stereocenters. The molecule has 0 aliphatic heterocycles. The molecule has 5 rings (SSSR count). The summed E-state index contributed by atoms with van der Waals surface area (Å²) in [5, 5.41) is 1.31. The van der Waals surface area contributed by atoms with Gasteiger partial charge in [0.15, 0.2) is 11.3 Å². The summed E-state index contributed by atoms with van der Waals surface area (Å²) in [5.74, 6) is 0.639. The summed E-state index contributed by atoms with van der Waals surface area (Å²) in [5.41, 5.74) is 3.63. The van der Waals surface area contributed by atoms with Crippen molar-refractivity contribution in [2.24, 2.45) is 0 Å². The Kier molecular flexibility index (Phi) is 4.72. The molecule has 0 aliphatic rings. The molecule has 5 aromatic rings. The van der Waals surface area contributed by atoms with Crippen LogP contribution in [0.2, 0.25) is 10.0 Å². The van der Waals surface area contributed by atoms with Gasteiger partial charge in [-0.3, -0.25) is 13.9 Å². The summed E-state index contributed by atoms with van der Waals surface area (Å²) in [6.07, 6.45) is 0.813. The van der Waals surface area contributed by atoms with Crippen LogP contribution in [0.4, 0.5) is 0 Å². The number of hydrogen-bond donors (Lipinski definition) is 0. The average Bonchev–Trinajstić information content (AvgIpc) is 3.06. The van der Waals surface area contributed by atoms with Crippen LogP contribution in [0.25, 0.3) is 38.9 Å². The number of para-hydroxylation sites is 2. The lowest BCUT2D eigenvalue weighted by molar-refractivity contribution is 0.497. The molecular weight excluding hydrogens is 433 g/mol. The van der Waals surface area contributed by atoms with Gasteiger partial charge in [-0.15, -0.1) is 0 Å². The monoisotopic (exact) mass is 451 g/mol. The van der Waals surface area contributed by atoms with Crippen molar-refractivity contribution >= 4 is 56.4 Å². The maximum atomic E-state index is 13.7. The van der Waals surface area contributed by atoms with E-state index in [-0.39, 0.29) is 11.6 Å². The Hall–Kier alpha value is -2.96. The van der Waals surface area contributed by atoms with Gasteiger partial charge in [0.1, 0.15) is 16.7 Å². The Morgan fingerprint density at radius 2 is 1.68 bits per heavy atom. The van der Waals surface area contributed by atoms with Crippen LogP contribution in [0.3, 0.4) is 0 Å². The van der Waals surface area contributed by atoms with E-state index < -0.39 is 0 Å². The van der Waals surface area contributed by atoms with Crippen LogP contribution in [0, 0.1) is 6.92 Å². The van der Waals surface area contributed by atoms with Gasteiger partial charge < -0.3 is 0 Å². The van der Waals surface area contributed by atoms with Gasteiger partial charge in [0.05, 0.1) is 26.8 Å². The van der Waals surface area contributed by atoms with E-state index in [1.165, 1.54) is 0 Å². The fraction of sp³-hybridized carbons (Fsp3) is 0.217. The number of halogens is 2. The molecule has 156 valence electrons. The number of aryl methyl sites for hydroxylation is 1. The van der Waals surface area contributed by atoms with Gasteiger partial charge >= 0.3 is 0 Å². The van der Waals surface area contributed by atoms with Crippen LogP contribution in [0.15, 0.2) is 47.3 Å². The van der Waals surface area contributed by atoms with Crippen molar-refractivity contribution in [1.82, 2.24) is 24.1 Å². The molecule has 3 aromatic heterocycles. The summed E-state index contributed by atoms with van der Waals surface area (Å²) in [6.45, 7) is 5.91. The van der Waals surface area contributed by atoms with Gasteiger partial charge in [0.2, 0.25) is 0 Å². The Balaban J connectivity index is 2.02. The Bertz CT molecular complexity index is 1550. The molecule has 0 N–H and O–H groups in total. The van der Waals surface area contributed by atoms with Crippen molar-refractivity contribution in [2.45, 2.75) is 33.2 Å². The Morgan fingerprint density at radius 3 is 2.35 bits per heavy atom. The van der Waals surface area contributed by atoms with Crippen molar-refractivity contribution < 1.29 is 0 Å². The van der Waals surface area contributed by atoms with Crippen LogP contribution in [-0.2, 0) is 0 Å². The first-order chi connectivity index (χ1) is 14.9. The molecule has 0 fully saturated rings. The minimum Gasteiger partial charge on any atom is -0.293 e. The van der Waals surface area contributed by atoms with Crippen LogP contribution in [0.5, 0.6) is 0 Å². The van der Waals surface area contributed by atoms with E-state index >= 15 is 0 Å². The number of rotatable bonds is 3. The van der Waals surface area contributed by atoms with E-state index in [1.807, 2.05) is 55.7 Å². The largest absolute Gasteiger partial charge is 0.293 e. The summed E-state index contributed by atoms with van der Waals surface area (Å²) >= 11 is 12.4. The number of benzene rings is 2. The number of hydrogen-bond acceptors (Lipinski definition) is 4. The highest BCUT2D eigenvalue weighted by Gasteiger charge is 2.23. The van der Waals surface area contributed by atoms with Gasteiger partial charge in [0, 0.05) is 6.04 Å². The standard InChI is InChI=1S/C23H19Cl2N5O/c1-4-12(2)29-13(3)26-21-19(23(29)31)20-22(28-18-8-6-5-7-17(18)27-20)30(21)14-9-10-15(24)16(25)11-14/h5-12H,4H2,1-3H3. The first kappa shape index (κ1) is 20.0. The molecule has 1 unspecified atom stereocenters. The topological polar surface area (TPSA) is 65.6 Å². The van der Waals surface area contributed by atoms with Gasteiger partial charge in [-0.05, 0) is 50.6 Å². The zero-order valence-electron chi connectivity index (χ0n) is 17.2. The van der Waals surface area contributed by atoms with E-state index in [2.05, 4.69) is 0 Å². The molecule has 0 radical (unpaired) electrons. The van der Waals surface area contributed by atoms with Crippen LogP contribution in [-0.4, -0.2) is 24.1 Å². The highest BCUT2D eigenvalue weighted by molar-refractivity contribution is 6.42. The molecule has 3 heterocycles. The minimum atomic E-state index is -0.120. The third-order valence-electron chi connectivity index (χ3n) is 5.68. The SMILES string of the molecule is CCC(C)n1c(C)nc2c(c1=O)c1nc3ccccc3nc1n2-c1ccc(Cl)c(Cl)c1. The zero-order valence-corrected chi connectivity index (χ0v) is 18.7. The van der Waals surface area contributed by atoms with E-state index in [1.54, 1.807) is 16.7 Å². The lowest BCUT2D eigenvalue weighted by atomic mass is 10.2. The molecule has 0 bridgehead atoms. The first-order valence-electron chi connectivity index (χ1n) is 10.1. The third-order valence-corrected chi connectivity index (χ3v) is 6.42. The van der Waals surface area contributed by atoms with Crippen molar-refractivity contribution in [3.63, 3.8) is 0 Å². The van der Waals surface area contributed by atoms with Crippen molar-refractivity contribution in [1.29, 1.82) is 0 Å². The Morgan fingerprint density at radius 1 is 0.968 bits per heavy atom. The average molecular weight is 452 g/mol. The molecule has 0 spiro atoms. The minimum absolute atomic E-state index is 0.0150. The summed E-state index contributed by atoms with van der Waals surface area (Å²) < 4.78 is 3.57. The molecule has 31 heavy (non-hydrogen) atoms. The van der Waals surface area contributed by atoms with Gasteiger partial charge in [-0.25, -0.2) is 15.0 Å². The molecule has 0 aliphatic carbocycles. The predicted molar refractivity (Wildman–Crippen MR) is 126 cm³/mol. The second-order valence-corrected chi connectivity index (χ2v) is 8.42. The lowest BCUT2D eigenvalue weighted by Crippen LogP contribution is -2.26. The van der Waals surface area contributed by atoms with E-state index in [0.29, 0.717) is 43.8 Å². The molecule has 0 saturated heterocycles. The predicted octanol–water partition coefficient (Wildman–Crippen LogP) is 5.87. The molecule has 2 aromatic carbocycles. The van der Waals surface area contributed by atoms with E-state index in [9.17, 15) is 4.79 Å². The van der Waals surface area contributed by atoms with Gasteiger partial charge in [-0.2, -0.15) is 0 Å². The summed E-state index contributed by atoms with van der Waals surface area (Å²) in [7, 11) is 0. The van der Waals surface area contributed by atoms with E-state index in [4.69, 9.17) is 38.2 Å². The quantitative estimate of drug-likeness (QED) is 0.344. The van der Waals surface area contributed by atoms with Gasteiger partial charge in [-0.1, -0.05) is 42.3 Å². The number of aromatic nitrogens is 5. The van der Waals surface area contributed by atoms with Crippen molar-refractivity contribution in [2.75, 3.05) is 0 Å². The fourth-order valence-corrected chi connectivity index (χ4v) is 4.27. The molecular formula is C23H19Cl2N5O. The smallest absolute Gasteiger partial charge is 0.265 e. The highest BCUT2D eigenvalue weighted by Crippen LogP contribution is 2.32. The Labute approximate surface area is 188 Å². The lowest BCUT2D eigenvalue weighted by Gasteiger charge is -2.16. The maximum absolute atomic E-state index is 13.7. The zero-order chi connectivity index (χ0) is 21.9. The second kappa shape index (κ2) is 7.32. The first-order valence-corrected chi connectivity index (χ1v) is 10.8. The van der Waals surface area contributed by atoms with Crippen molar-refractivity contribution in [3.05, 3.63) is 68.7 Å². The van der Waals surface area contributed by atoms with Gasteiger partial charge in [0.25, 0.3) is 5.56 Å². The third kappa shape index (κ3) is 3.01. The van der Waals surface area contributed by atoms with Crippen LogP contribution >= 0.6 is 23.2 Å². The number of nitrogens with zero attached hydrogens (tertiary/aromatic N) is 5. The molecule has 6 nitrogen and oxygen atoms in total. The number of fused-ring (bicyclic) bond motifs is 4. The molecule has 0 amide bonds. The van der Waals surface area contributed by atoms with Crippen LogP contribution < -0.4 is 5.56 Å². The summed E-state index contributed by atoms with van der Waals surface area (Å²) in [6, 6.07) is 12.9. The molecule has 0 saturated carbocycles. The van der Waals surface area contributed by atoms with E-state index in [0.717, 1.165) is 17.5 Å². The highest BCUT2D eigenvalue weighted by atomic mass is 35.5. The molecule has 8 heteroatoms. The maximum Gasteiger partial charge on any atom is 0.265 e.